The molecule has 0 aromatic heterocycles. The summed E-state index contributed by atoms with van der Waals surface area (Å²) in [5.41, 5.74) is 0. The Kier molecular flexibility index (Phi) is 13.5. The zero-order valence-electron chi connectivity index (χ0n) is 16.3. The molecule has 0 radical (unpaired) electrons. The predicted octanol–water partition coefficient (Wildman–Crippen LogP) is 0.418. The number of hydrogen-bond acceptors (Lipinski definition) is 7. The van der Waals surface area contributed by atoms with Crippen molar-refractivity contribution in [1.29, 1.82) is 0 Å². The van der Waals surface area contributed by atoms with Crippen LogP contribution < -0.4 is 5.32 Å². The van der Waals surface area contributed by atoms with Crippen LogP contribution in [0.2, 0.25) is 0 Å². The topological polar surface area (TPSA) is 156 Å². The number of ether oxygens (including phenoxy) is 2. The third-order valence-corrected chi connectivity index (χ3v) is 3.80. The van der Waals surface area contributed by atoms with Gasteiger partial charge in [-0.2, -0.15) is 0 Å². The molecular weight excluding hydrogens is 374 g/mol. The van der Waals surface area contributed by atoms with E-state index in [4.69, 9.17) is 14.6 Å². The van der Waals surface area contributed by atoms with Crippen molar-refractivity contribution in [3.05, 3.63) is 0 Å². The molecule has 0 aliphatic carbocycles. The van der Waals surface area contributed by atoms with Crippen LogP contribution in [0.4, 0.5) is 0 Å². The van der Waals surface area contributed by atoms with Gasteiger partial charge in [0, 0.05) is 25.9 Å². The van der Waals surface area contributed by atoms with Gasteiger partial charge in [-0.1, -0.05) is 0 Å². The van der Waals surface area contributed by atoms with E-state index in [2.05, 4.69) is 5.32 Å². The van der Waals surface area contributed by atoms with Gasteiger partial charge in [0.15, 0.2) is 5.78 Å². The van der Waals surface area contributed by atoms with E-state index in [1.165, 1.54) is 6.92 Å². The summed E-state index contributed by atoms with van der Waals surface area (Å²) < 4.78 is 10.1. The molecule has 0 aromatic carbocycles. The van der Waals surface area contributed by atoms with E-state index >= 15 is 0 Å². The van der Waals surface area contributed by atoms with Crippen LogP contribution in [0.15, 0.2) is 0 Å². The summed E-state index contributed by atoms with van der Waals surface area (Å²) in [5.74, 6) is -4.83. The van der Waals surface area contributed by atoms with Crippen LogP contribution in [0.25, 0.3) is 0 Å². The molecule has 0 heterocycles. The molecule has 0 rings (SSSR count). The molecule has 10 nitrogen and oxygen atoms in total. The van der Waals surface area contributed by atoms with Crippen molar-refractivity contribution in [3.8, 4) is 0 Å². The number of aliphatic carboxylic acids is 2. The van der Waals surface area contributed by atoms with Gasteiger partial charge in [0.2, 0.25) is 5.91 Å². The minimum absolute atomic E-state index is 0.00674. The van der Waals surface area contributed by atoms with Crippen LogP contribution in [0.1, 0.15) is 46.0 Å². The Hall–Kier alpha value is -2.33. The number of carboxylic acid groups (broad SMARTS) is 2. The Balaban J connectivity index is 4.39. The van der Waals surface area contributed by atoms with E-state index in [1.807, 2.05) is 6.92 Å². The third-order valence-electron chi connectivity index (χ3n) is 3.80. The second-order valence-electron chi connectivity index (χ2n) is 6.27. The lowest BCUT2D eigenvalue weighted by Crippen LogP contribution is -2.41. The Labute approximate surface area is 163 Å². The monoisotopic (exact) mass is 403 g/mol. The van der Waals surface area contributed by atoms with Crippen molar-refractivity contribution in [2.45, 2.75) is 52.0 Å². The van der Waals surface area contributed by atoms with Gasteiger partial charge in [-0.15, -0.1) is 0 Å². The second-order valence-corrected chi connectivity index (χ2v) is 6.27. The van der Waals surface area contributed by atoms with Crippen molar-refractivity contribution >= 4 is 29.4 Å². The van der Waals surface area contributed by atoms with Gasteiger partial charge in [0.05, 0.1) is 19.1 Å². The number of ketones is 2. The Morgan fingerprint density at radius 3 is 2.11 bits per heavy atom. The maximum atomic E-state index is 11.9. The van der Waals surface area contributed by atoms with Crippen molar-refractivity contribution < 1.29 is 43.7 Å². The molecular formula is C18H29NO9. The maximum Gasteiger partial charge on any atom is 0.326 e. The van der Waals surface area contributed by atoms with Crippen molar-refractivity contribution in [1.82, 2.24) is 5.32 Å². The summed E-state index contributed by atoms with van der Waals surface area (Å²) >= 11 is 0. The fourth-order valence-corrected chi connectivity index (χ4v) is 2.27. The molecule has 0 unspecified atom stereocenters. The number of carbonyl (C=O) groups excluding carboxylic acids is 3. The van der Waals surface area contributed by atoms with Crippen LogP contribution in [0, 0.1) is 5.92 Å². The Morgan fingerprint density at radius 1 is 0.929 bits per heavy atom. The molecule has 0 aliphatic heterocycles. The van der Waals surface area contributed by atoms with Gasteiger partial charge in [-0.05, 0) is 26.7 Å². The molecule has 0 fully saturated rings. The highest BCUT2D eigenvalue weighted by Crippen LogP contribution is 2.13. The molecule has 1 amide bonds. The summed E-state index contributed by atoms with van der Waals surface area (Å²) in [6.07, 6.45) is -0.697. The lowest BCUT2D eigenvalue weighted by atomic mass is 9.97. The largest absolute Gasteiger partial charge is 0.481 e. The number of carbonyl (C=O) groups is 5. The summed E-state index contributed by atoms with van der Waals surface area (Å²) in [5, 5.41) is 20.6. The zero-order valence-corrected chi connectivity index (χ0v) is 16.3. The van der Waals surface area contributed by atoms with Gasteiger partial charge >= 0.3 is 11.9 Å². The zero-order chi connectivity index (χ0) is 21.5. The normalized spacial score (nSPS) is 12.8. The first-order valence-corrected chi connectivity index (χ1v) is 9.08. The van der Waals surface area contributed by atoms with Gasteiger partial charge in [0.1, 0.15) is 18.4 Å². The fourth-order valence-electron chi connectivity index (χ4n) is 2.27. The molecule has 10 heteroatoms. The number of rotatable bonds is 17. The molecule has 0 saturated carbocycles. The Bertz CT molecular complexity index is 547. The van der Waals surface area contributed by atoms with Gasteiger partial charge < -0.3 is 29.8 Å². The third kappa shape index (κ3) is 12.9. The first-order chi connectivity index (χ1) is 13.2. The first-order valence-electron chi connectivity index (χ1n) is 9.08. The van der Waals surface area contributed by atoms with Crippen molar-refractivity contribution in [2.24, 2.45) is 5.92 Å². The van der Waals surface area contributed by atoms with Gasteiger partial charge in [-0.3, -0.25) is 14.4 Å². The molecule has 3 N–H and O–H groups in total. The molecule has 0 saturated heterocycles. The molecule has 28 heavy (non-hydrogen) atoms. The standard InChI is InChI=1S/C18H29NO9/c1-3-27-8-9-28-11-14(21)10-13(17(23)24)5-7-16(22)19-15(18(25)26)6-4-12(2)20/h13,15H,3-11H2,1-2H3,(H,19,22)(H,23,24)(H,25,26)/t13-,15+/m1/s1. The minimum atomic E-state index is -1.27. The SMILES string of the molecule is CCOCCOCC(=O)C[C@@H](CCC(=O)N[C@@H](CCC(C)=O)C(=O)O)C(=O)O. The van der Waals surface area contributed by atoms with E-state index in [1.54, 1.807) is 0 Å². The lowest BCUT2D eigenvalue weighted by molar-refractivity contribution is -0.145. The molecule has 2 atom stereocenters. The van der Waals surface area contributed by atoms with Crippen molar-refractivity contribution in [3.63, 3.8) is 0 Å². The van der Waals surface area contributed by atoms with Crippen LogP contribution >= 0.6 is 0 Å². The summed E-state index contributed by atoms with van der Waals surface area (Å²) in [7, 11) is 0. The number of hydrogen-bond donors (Lipinski definition) is 3. The number of Topliss-reactive ketones (excluding diaryl/α,β-unsaturated/α-hetero) is 2. The molecule has 0 spiro atoms. The molecule has 160 valence electrons. The van der Waals surface area contributed by atoms with Crippen LogP contribution in [-0.4, -0.2) is 72.1 Å². The lowest BCUT2D eigenvalue weighted by Gasteiger charge is -2.15. The van der Waals surface area contributed by atoms with Crippen LogP contribution in [-0.2, 0) is 33.4 Å². The fraction of sp³-hybridized carbons (Fsp3) is 0.722. The number of nitrogens with one attached hydrogen (secondary N) is 1. The van der Waals surface area contributed by atoms with Crippen LogP contribution in [0.5, 0.6) is 0 Å². The van der Waals surface area contributed by atoms with E-state index < -0.39 is 35.6 Å². The summed E-state index contributed by atoms with van der Waals surface area (Å²) in [6.45, 7) is 3.97. The smallest absolute Gasteiger partial charge is 0.326 e. The summed E-state index contributed by atoms with van der Waals surface area (Å²) in [6, 6.07) is -1.22. The van der Waals surface area contributed by atoms with E-state index in [-0.39, 0.29) is 51.1 Å². The average Bonchev–Trinajstić information content (AvgIpc) is 2.61. The van der Waals surface area contributed by atoms with Crippen molar-refractivity contribution in [2.75, 3.05) is 26.4 Å². The molecule has 0 bridgehead atoms. The van der Waals surface area contributed by atoms with Gasteiger partial charge in [0.25, 0.3) is 0 Å². The van der Waals surface area contributed by atoms with E-state index in [9.17, 15) is 29.1 Å². The predicted molar refractivity (Wildman–Crippen MR) is 96.8 cm³/mol. The quantitative estimate of drug-likeness (QED) is 0.293. The number of carboxylic acids is 2. The highest BCUT2D eigenvalue weighted by Gasteiger charge is 2.24. The summed E-state index contributed by atoms with van der Waals surface area (Å²) in [4.78, 5) is 57.1. The minimum Gasteiger partial charge on any atom is -0.481 e. The average molecular weight is 403 g/mol. The Morgan fingerprint density at radius 2 is 1.57 bits per heavy atom. The molecule has 0 aromatic rings. The first kappa shape index (κ1) is 25.7. The van der Waals surface area contributed by atoms with Crippen LogP contribution in [0.3, 0.4) is 0 Å². The highest BCUT2D eigenvalue weighted by atomic mass is 16.5. The highest BCUT2D eigenvalue weighted by molar-refractivity contribution is 5.86. The maximum absolute atomic E-state index is 11.9. The molecule has 0 aliphatic rings. The van der Waals surface area contributed by atoms with Gasteiger partial charge in [-0.25, -0.2) is 4.79 Å². The van der Waals surface area contributed by atoms with E-state index in [0.29, 0.717) is 13.2 Å². The second kappa shape index (κ2) is 14.7. The number of amides is 1. The van der Waals surface area contributed by atoms with E-state index in [0.717, 1.165) is 0 Å².